The zero-order valence-corrected chi connectivity index (χ0v) is 40.4. The molecule has 1 unspecified atom stereocenters. The van der Waals surface area contributed by atoms with Gasteiger partial charge in [0.1, 0.15) is 13.2 Å². The SMILES string of the molecule is CCC/C=C\C/C=C\CCCCCCCC(=O)OC(COC(=O)CCCCCCC)COC(=O)CCCCCCCCCCCCCCC/C=C\C/C=C\CCCCCCC. The molecule has 0 aliphatic rings. The van der Waals surface area contributed by atoms with Crippen LogP contribution in [0.1, 0.15) is 265 Å². The van der Waals surface area contributed by atoms with Gasteiger partial charge in [-0.15, -0.1) is 0 Å². The molecule has 0 spiro atoms. The van der Waals surface area contributed by atoms with Crippen molar-refractivity contribution in [2.24, 2.45) is 0 Å². The molecular weight excluding hydrogens is 757 g/mol. The van der Waals surface area contributed by atoms with Crippen LogP contribution in [0.5, 0.6) is 0 Å². The maximum atomic E-state index is 12.7. The monoisotopic (exact) mass is 855 g/mol. The van der Waals surface area contributed by atoms with Crippen molar-refractivity contribution in [2.75, 3.05) is 13.2 Å². The van der Waals surface area contributed by atoms with E-state index < -0.39 is 6.10 Å². The molecule has 0 aromatic rings. The lowest BCUT2D eigenvalue weighted by Crippen LogP contribution is -2.30. The van der Waals surface area contributed by atoms with Gasteiger partial charge in [0.15, 0.2) is 6.10 Å². The van der Waals surface area contributed by atoms with Crippen molar-refractivity contribution in [1.29, 1.82) is 0 Å². The molecule has 0 saturated carbocycles. The number of carbonyl (C=O) groups is 3. The summed E-state index contributed by atoms with van der Waals surface area (Å²) in [6, 6.07) is 0. The molecule has 6 heteroatoms. The van der Waals surface area contributed by atoms with E-state index in [-0.39, 0.29) is 31.1 Å². The Kier molecular flexibility index (Phi) is 47.9. The molecule has 0 aliphatic heterocycles. The van der Waals surface area contributed by atoms with Gasteiger partial charge in [0.25, 0.3) is 0 Å². The van der Waals surface area contributed by atoms with E-state index in [1.54, 1.807) is 0 Å². The van der Waals surface area contributed by atoms with Crippen molar-refractivity contribution in [2.45, 2.75) is 271 Å². The minimum absolute atomic E-state index is 0.0783. The molecule has 0 aliphatic carbocycles. The number of allylic oxidation sites excluding steroid dienone is 8. The molecule has 0 saturated heterocycles. The smallest absolute Gasteiger partial charge is 0.306 e. The highest BCUT2D eigenvalue weighted by atomic mass is 16.6. The number of hydrogen-bond acceptors (Lipinski definition) is 6. The summed E-state index contributed by atoms with van der Waals surface area (Å²) in [5, 5.41) is 0. The number of unbranched alkanes of at least 4 members (excludes halogenated alkanes) is 28. The Bertz CT molecular complexity index is 1070. The van der Waals surface area contributed by atoms with Crippen LogP contribution in [0.15, 0.2) is 48.6 Å². The summed E-state index contributed by atoms with van der Waals surface area (Å²) >= 11 is 0. The first-order valence-electron chi connectivity index (χ1n) is 26.1. The van der Waals surface area contributed by atoms with Crippen LogP contribution in [0.2, 0.25) is 0 Å². The van der Waals surface area contributed by atoms with Gasteiger partial charge in [0.2, 0.25) is 0 Å². The molecule has 0 aromatic heterocycles. The van der Waals surface area contributed by atoms with Crippen molar-refractivity contribution < 1.29 is 28.6 Å². The van der Waals surface area contributed by atoms with Crippen LogP contribution in [0.25, 0.3) is 0 Å². The summed E-state index contributed by atoms with van der Waals surface area (Å²) < 4.78 is 16.6. The molecule has 0 radical (unpaired) electrons. The van der Waals surface area contributed by atoms with Crippen LogP contribution in [-0.2, 0) is 28.6 Å². The summed E-state index contributed by atoms with van der Waals surface area (Å²) in [7, 11) is 0. The van der Waals surface area contributed by atoms with E-state index in [1.165, 1.54) is 122 Å². The van der Waals surface area contributed by atoms with E-state index >= 15 is 0 Å². The Balaban J connectivity index is 4.05. The number of ether oxygens (including phenoxy) is 3. The zero-order chi connectivity index (χ0) is 44.4. The highest BCUT2D eigenvalue weighted by Gasteiger charge is 2.19. The second-order valence-corrected chi connectivity index (χ2v) is 17.4. The minimum atomic E-state index is -0.774. The molecular formula is C55H98O6. The highest BCUT2D eigenvalue weighted by Crippen LogP contribution is 2.15. The second kappa shape index (κ2) is 50.0. The molecule has 6 nitrogen and oxygen atoms in total. The summed E-state index contributed by atoms with van der Waals surface area (Å²) in [4.78, 5) is 37.6. The van der Waals surface area contributed by atoms with Crippen molar-refractivity contribution in [3.63, 3.8) is 0 Å². The van der Waals surface area contributed by atoms with Crippen molar-refractivity contribution in [3.8, 4) is 0 Å². The van der Waals surface area contributed by atoms with Crippen LogP contribution >= 0.6 is 0 Å². The molecule has 0 N–H and O–H groups in total. The number of rotatable bonds is 47. The summed E-state index contributed by atoms with van der Waals surface area (Å²) in [5.74, 6) is -0.903. The predicted octanol–water partition coefficient (Wildman–Crippen LogP) is 17.1. The fourth-order valence-electron chi connectivity index (χ4n) is 7.33. The van der Waals surface area contributed by atoms with Gasteiger partial charge in [-0.25, -0.2) is 0 Å². The fraction of sp³-hybridized carbons (Fsp3) is 0.800. The third-order valence-corrected chi connectivity index (χ3v) is 11.3. The third kappa shape index (κ3) is 48.3. The molecule has 0 rings (SSSR count). The third-order valence-electron chi connectivity index (χ3n) is 11.3. The van der Waals surface area contributed by atoms with Gasteiger partial charge >= 0.3 is 17.9 Å². The first-order chi connectivity index (χ1) is 30.0. The van der Waals surface area contributed by atoms with Crippen LogP contribution in [0.4, 0.5) is 0 Å². The van der Waals surface area contributed by atoms with Crippen molar-refractivity contribution >= 4 is 17.9 Å². The first-order valence-corrected chi connectivity index (χ1v) is 26.1. The van der Waals surface area contributed by atoms with E-state index in [1.807, 2.05) is 0 Å². The topological polar surface area (TPSA) is 78.9 Å². The lowest BCUT2D eigenvalue weighted by molar-refractivity contribution is -0.167. The maximum Gasteiger partial charge on any atom is 0.306 e. The maximum absolute atomic E-state index is 12.7. The van der Waals surface area contributed by atoms with E-state index in [9.17, 15) is 14.4 Å². The number of hydrogen-bond donors (Lipinski definition) is 0. The number of esters is 3. The first kappa shape index (κ1) is 58.4. The van der Waals surface area contributed by atoms with Gasteiger partial charge < -0.3 is 14.2 Å². The van der Waals surface area contributed by atoms with Crippen molar-refractivity contribution in [3.05, 3.63) is 48.6 Å². The summed E-state index contributed by atoms with van der Waals surface area (Å²) in [6.07, 6.45) is 60.0. The Hall–Kier alpha value is -2.63. The van der Waals surface area contributed by atoms with Gasteiger partial charge in [0, 0.05) is 19.3 Å². The predicted molar refractivity (Wildman–Crippen MR) is 261 cm³/mol. The summed E-state index contributed by atoms with van der Waals surface area (Å²) in [5.41, 5.74) is 0. The molecule has 0 heterocycles. The zero-order valence-electron chi connectivity index (χ0n) is 40.4. The lowest BCUT2D eigenvalue weighted by atomic mass is 10.0. The van der Waals surface area contributed by atoms with Crippen LogP contribution in [0.3, 0.4) is 0 Å². The molecule has 0 aromatic carbocycles. The molecule has 1 atom stereocenters. The standard InChI is InChI=1S/C55H98O6/c1-4-7-10-13-15-17-19-21-22-23-24-25-26-27-28-29-30-31-32-34-35-37-39-42-45-48-54(57)60-51-52(50-59-53(56)47-44-41-12-9-6-3)61-55(58)49-46-43-40-38-36-33-20-18-16-14-11-8-5-2/h11,14,18-21,23-24,52H,4-10,12-13,15-17,22,25-51H2,1-3H3/b14-11-,20-18-,21-19-,24-23-. The minimum Gasteiger partial charge on any atom is -0.462 e. The lowest BCUT2D eigenvalue weighted by Gasteiger charge is -2.18. The van der Waals surface area contributed by atoms with E-state index in [0.29, 0.717) is 19.3 Å². The quantitative estimate of drug-likeness (QED) is 0.0263. The van der Waals surface area contributed by atoms with Gasteiger partial charge in [-0.05, 0) is 77.0 Å². The average molecular weight is 855 g/mol. The Morgan fingerprint density at radius 2 is 0.623 bits per heavy atom. The summed E-state index contributed by atoms with van der Waals surface area (Å²) in [6.45, 7) is 6.48. The van der Waals surface area contributed by atoms with Gasteiger partial charge in [-0.3, -0.25) is 14.4 Å². The van der Waals surface area contributed by atoms with E-state index in [4.69, 9.17) is 14.2 Å². The molecule has 61 heavy (non-hydrogen) atoms. The fourth-order valence-corrected chi connectivity index (χ4v) is 7.33. The molecule has 0 amide bonds. The van der Waals surface area contributed by atoms with E-state index in [2.05, 4.69) is 69.4 Å². The average Bonchev–Trinajstić information content (AvgIpc) is 3.26. The Morgan fingerprint density at radius 3 is 0.967 bits per heavy atom. The highest BCUT2D eigenvalue weighted by molar-refractivity contribution is 5.71. The van der Waals surface area contributed by atoms with Crippen LogP contribution in [0, 0.1) is 0 Å². The molecule has 0 fully saturated rings. The Morgan fingerprint density at radius 1 is 0.328 bits per heavy atom. The largest absolute Gasteiger partial charge is 0.462 e. The number of carbonyl (C=O) groups excluding carboxylic acids is 3. The van der Waals surface area contributed by atoms with Gasteiger partial charge in [-0.1, -0.05) is 217 Å². The second-order valence-electron chi connectivity index (χ2n) is 17.4. The molecule has 0 bridgehead atoms. The normalized spacial score (nSPS) is 12.4. The van der Waals surface area contributed by atoms with Gasteiger partial charge in [-0.2, -0.15) is 0 Å². The van der Waals surface area contributed by atoms with Crippen LogP contribution in [-0.4, -0.2) is 37.2 Å². The molecule has 354 valence electrons. The van der Waals surface area contributed by atoms with Crippen molar-refractivity contribution in [1.82, 2.24) is 0 Å². The Labute approximate surface area is 378 Å². The van der Waals surface area contributed by atoms with Gasteiger partial charge in [0.05, 0.1) is 0 Å². The van der Waals surface area contributed by atoms with E-state index in [0.717, 1.165) is 103 Å². The van der Waals surface area contributed by atoms with Crippen LogP contribution < -0.4 is 0 Å².